The van der Waals surface area contributed by atoms with Gasteiger partial charge >= 0.3 is 0 Å². The highest BCUT2D eigenvalue weighted by molar-refractivity contribution is 14.0. The lowest BCUT2D eigenvalue weighted by Crippen LogP contribution is -2.44. The first kappa shape index (κ1) is 21.7. The van der Waals surface area contributed by atoms with Crippen LogP contribution in [0.1, 0.15) is 38.3 Å². The first-order valence-corrected chi connectivity index (χ1v) is 8.84. The third-order valence-electron chi connectivity index (χ3n) is 4.38. The standard InChI is InChI=1S/C18H29N5O.HI/c1-15-7-4-6-14-23(15)17(24)10-13-22-18(19-2)21-12-9-16-8-3-5-11-20-16;/h3,5,8,11,15H,4,6-7,9-10,12-14H2,1-2H3,(H2,19,21,22);1H. The van der Waals surface area contributed by atoms with Crippen LogP contribution < -0.4 is 10.6 Å². The Bertz CT molecular complexity index is 538. The summed E-state index contributed by atoms with van der Waals surface area (Å²) >= 11 is 0. The fraction of sp³-hybridized carbons (Fsp3) is 0.611. The number of carbonyl (C=O) groups is 1. The number of nitrogens with one attached hydrogen (secondary N) is 2. The van der Waals surface area contributed by atoms with Crippen LogP contribution in [0.5, 0.6) is 0 Å². The zero-order chi connectivity index (χ0) is 17.2. The molecule has 140 valence electrons. The van der Waals surface area contributed by atoms with Gasteiger partial charge in [-0.25, -0.2) is 0 Å². The quantitative estimate of drug-likeness (QED) is 0.389. The van der Waals surface area contributed by atoms with E-state index in [1.807, 2.05) is 23.1 Å². The van der Waals surface area contributed by atoms with Crippen LogP contribution in [0.15, 0.2) is 29.4 Å². The molecule has 1 unspecified atom stereocenters. The fourth-order valence-electron chi connectivity index (χ4n) is 2.98. The van der Waals surface area contributed by atoms with E-state index in [0.29, 0.717) is 19.0 Å². The summed E-state index contributed by atoms with van der Waals surface area (Å²) in [6.45, 7) is 4.40. The van der Waals surface area contributed by atoms with Gasteiger partial charge in [0.15, 0.2) is 5.96 Å². The van der Waals surface area contributed by atoms with Crippen molar-refractivity contribution in [2.45, 2.75) is 45.1 Å². The first-order valence-electron chi connectivity index (χ1n) is 8.84. The second-order valence-corrected chi connectivity index (χ2v) is 6.18. The van der Waals surface area contributed by atoms with Crippen molar-refractivity contribution >= 4 is 35.8 Å². The van der Waals surface area contributed by atoms with Crippen LogP contribution in [0.25, 0.3) is 0 Å². The molecule has 6 nitrogen and oxygen atoms in total. The molecule has 0 bridgehead atoms. The summed E-state index contributed by atoms with van der Waals surface area (Å²) in [6.07, 6.45) is 6.62. The van der Waals surface area contributed by atoms with E-state index in [1.54, 1.807) is 13.2 Å². The molecule has 0 saturated carbocycles. The zero-order valence-corrected chi connectivity index (χ0v) is 17.5. The predicted octanol–water partition coefficient (Wildman–Crippen LogP) is 2.20. The Labute approximate surface area is 167 Å². The van der Waals surface area contributed by atoms with E-state index in [1.165, 1.54) is 6.42 Å². The summed E-state index contributed by atoms with van der Waals surface area (Å²) in [4.78, 5) is 22.8. The van der Waals surface area contributed by atoms with Crippen molar-refractivity contribution in [2.24, 2.45) is 4.99 Å². The highest BCUT2D eigenvalue weighted by atomic mass is 127. The maximum Gasteiger partial charge on any atom is 0.224 e. The highest BCUT2D eigenvalue weighted by Gasteiger charge is 2.22. The number of halogens is 1. The Balaban J connectivity index is 0.00000312. The van der Waals surface area contributed by atoms with Gasteiger partial charge in [0.05, 0.1) is 0 Å². The number of aliphatic imine (C=N–C) groups is 1. The Kier molecular flexibility index (Phi) is 10.4. The topological polar surface area (TPSA) is 69.6 Å². The Morgan fingerprint density at radius 3 is 2.80 bits per heavy atom. The lowest BCUT2D eigenvalue weighted by molar-refractivity contribution is -0.134. The molecule has 2 heterocycles. The number of rotatable bonds is 6. The van der Waals surface area contributed by atoms with E-state index >= 15 is 0 Å². The van der Waals surface area contributed by atoms with Crippen LogP contribution in [-0.4, -0.2) is 54.5 Å². The molecule has 0 radical (unpaired) electrons. The van der Waals surface area contributed by atoms with Crippen molar-refractivity contribution in [3.05, 3.63) is 30.1 Å². The second kappa shape index (κ2) is 12.1. The van der Waals surface area contributed by atoms with Crippen LogP contribution in [0.4, 0.5) is 0 Å². The average Bonchev–Trinajstić information content (AvgIpc) is 2.61. The van der Waals surface area contributed by atoms with Gasteiger partial charge in [-0.1, -0.05) is 6.07 Å². The maximum absolute atomic E-state index is 12.3. The smallest absolute Gasteiger partial charge is 0.224 e. The summed E-state index contributed by atoms with van der Waals surface area (Å²) < 4.78 is 0. The van der Waals surface area contributed by atoms with E-state index in [4.69, 9.17) is 0 Å². The molecule has 0 aromatic carbocycles. The summed E-state index contributed by atoms with van der Waals surface area (Å²) in [5.74, 6) is 0.962. The van der Waals surface area contributed by atoms with Crippen molar-refractivity contribution in [1.82, 2.24) is 20.5 Å². The summed E-state index contributed by atoms with van der Waals surface area (Å²) in [6, 6.07) is 6.29. The number of hydrogen-bond acceptors (Lipinski definition) is 3. The molecular weight excluding hydrogens is 429 g/mol. The molecule has 1 aliphatic heterocycles. The third-order valence-corrected chi connectivity index (χ3v) is 4.38. The number of likely N-dealkylation sites (tertiary alicyclic amines) is 1. The number of aromatic nitrogens is 1. The van der Waals surface area contributed by atoms with Crippen molar-refractivity contribution in [3.8, 4) is 0 Å². The minimum Gasteiger partial charge on any atom is -0.356 e. The number of carbonyl (C=O) groups excluding carboxylic acids is 1. The lowest BCUT2D eigenvalue weighted by atomic mass is 10.0. The minimum absolute atomic E-state index is 0. The summed E-state index contributed by atoms with van der Waals surface area (Å²) in [5.41, 5.74) is 1.05. The molecule has 7 heteroatoms. The monoisotopic (exact) mass is 459 g/mol. The van der Waals surface area contributed by atoms with E-state index < -0.39 is 0 Å². The Morgan fingerprint density at radius 1 is 1.32 bits per heavy atom. The number of amides is 1. The Morgan fingerprint density at radius 2 is 2.12 bits per heavy atom. The molecule has 1 aromatic heterocycles. The molecule has 2 N–H and O–H groups in total. The van der Waals surface area contributed by atoms with Gasteiger partial charge < -0.3 is 15.5 Å². The molecule has 2 rings (SSSR count). The van der Waals surface area contributed by atoms with E-state index in [0.717, 1.165) is 44.0 Å². The van der Waals surface area contributed by atoms with Crippen molar-refractivity contribution in [2.75, 3.05) is 26.7 Å². The van der Waals surface area contributed by atoms with Gasteiger partial charge in [0, 0.05) is 57.5 Å². The molecule has 25 heavy (non-hydrogen) atoms. The van der Waals surface area contributed by atoms with Crippen LogP contribution in [0.3, 0.4) is 0 Å². The zero-order valence-electron chi connectivity index (χ0n) is 15.2. The first-order chi connectivity index (χ1) is 11.7. The van der Waals surface area contributed by atoms with E-state index in [9.17, 15) is 4.79 Å². The molecule has 1 atom stereocenters. The molecule has 1 fully saturated rings. The van der Waals surface area contributed by atoms with Crippen LogP contribution in [-0.2, 0) is 11.2 Å². The van der Waals surface area contributed by atoms with Crippen LogP contribution >= 0.6 is 24.0 Å². The maximum atomic E-state index is 12.3. The number of piperidine rings is 1. The van der Waals surface area contributed by atoms with Crippen molar-refractivity contribution in [1.29, 1.82) is 0 Å². The number of pyridine rings is 1. The Hall–Kier alpha value is -1.38. The fourth-order valence-corrected chi connectivity index (χ4v) is 2.98. The number of nitrogens with zero attached hydrogens (tertiary/aromatic N) is 3. The van der Waals surface area contributed by atoms with Gasteiger partial charge in [-0.2, -0.15) is 0 Å². The van der Waals surface area contributed by atoms with Gasteiger partial charge in [0.2, 0.25) is 5.91 Å². The lowest BCUT2D eigenvalue weighted by Gasteiger charge is -2.33. The third kappa shape index (κ3) is 7.58. The number of hydrogen-bond donors (Lipinski definition) is 2. The van der Waals surface area contributed by atoms with Crippen LogP contribution in [0, 0.1) is 0 Å². The SMILES string of the molecule is CN=C(NCCC(=O)N1CCCCC1C)NCCc1ccccn1.I. The van der Waals surface area contributed by atoms with Crippen LogP contribution in [0.2, 0.25) is 0 Å². The van der Waals surface area contributed by atoms with Crippen molar-refractivity contribution < 1.29 is 4.79 Å². The normalized spacial score (nSPS) is 17.6. The molecule has 0 spiro atoms. The van der Waals surface area contributed by atoms with E-state index in [-0.39, 0.29) is 29.9 Å². The molecule has 1 amide bonds. The minimum atomic E-state index is 0. The van der Waals surface area contributed by atoms with Crippen molar-refractivity contribution in [3.63, 3.8) is 0 Å². The second-order valence-electron chi connectivity index (χ2n) is 6.18. The average molecular weight is 459 g/mol. The molecule has 0 aliphatic carbocycles. The number of guanidine groups is 1. The van der Waals surface area contributed by atoms with Gasteiger partial charge in [0.25, 0.3) is 0 Å². The van der Waals surface area contributed by atoms with Gasteiger partial charge in [-0.15, -0.1) is 24.0 Å². The van der Waals surface area contributed by atoms with Gasteiger partial charge in [-0.05, 0) is 38.3 Å². The van der Waals surface area contributed by atoms with Gasteiger partial charge in [0.1, 0.15) is 0 Å². The molecule has 1 aliphatic rings. The largest absolute Gasteiger partial charge is 0.356 e. The molecule has 1 aromatic rings. The summed E-state index contributed by atoms with van der Waals surface area (Å²) in [7, 11) is 1.74. The van der Waals surface area contributed by atoms with Gasteiger partial charge in [-0.3, -0.25) is 14.8 Å². The van der Waals surface area contributed by atoms with E-state index in [2.05, 4.69) is 27.5 Å². The summed E-state index contributed by atoms with van der Waals surface area (Å²) in [5, 5.41) is 6.47. The highest BCUT2D eigenvalue weighted by Crippen LogP contribution is 2.16. The molecular formula is C18H30IN5O. The predicted molar refractivity (Wildman–Crippen MR) is 112 cm³/mol. The molecule has 1 saturated heterocycles.